The molecule has 0 aromatic heterocycles. The summed E-state index contributed by atoms with van der Waals surface area (Å²) in [6.45, 7) is 5.74. The van der Waals surface area contributed by atoms with E-state index in [-0.39, 0.29) is 62.1 Å². The van der Waals surface area contributed by atoms with Crippen molar-refractivity contribution >= 4 is 74.6 Å². The Kier molecular flexibility index (Phi) is 23.5. The SMILES string of the molecule is CCCCCCC(Cl)COCC(Cl)CCCCCC.[K]. The number of rotatable bonds is 14. The molecule has 0 N–H and O–H groups in total. The van der Waals surface area contributed by atoms with E-state index in [0.717, 1.165) is 12.8 Å². The van der Waals surface area contributed by atoms with E-state index in [4.69, 9.17) is 27.9 Å². The zero-order valence-electron chi connectivity index (χ0n) is 13.8. The first-order chi connectivity index (χ1) is 9.20. The Hall–Kier alpha value is 2.18. The third-order valence-corrected chi connectivity index (χ3v) is 4.03. The van der Waals surface area contributed by atoms with Gasteiger partial charge in [-0.25, -0.2) is 0 Å². The van der Waals surface area contributed by atoms with Gasteiger partial charge in [-0.2, -0.15) is 0 Å². The van der Waals surface area contributed by atoms with Crippen molar-refractivity contribution in [3.8, 4) is 0 Å². The van der Waals surface area contributed by atoms with Crippen molar-refractivity contribution in [3.05, 3.63) is 0 Å². The summed E-state index contributed by atoms with van der Waals surface area (Å²) >= 11 is 12.4. The van der Waals surface area contributed by atoms with Gasteiger partial charge in [-0.15, -0.1) is 23.2 Å². The fourth-order valence-electron chi connectivity index (χ4n) is 2.08. The second-order valence-electron chi connectivity index (χ2n) is 5.43. The van der Waals surface area contributed by atoms with Crippen LogP contribution in [0.3, 0.4) is 0 Å². The summed E-state index contributed by atoms with van der Waals surface area (Å²) < 4.78 is 5.61. The van der Waals surface area contributed by atoms with E-state index in [1.54, 1.807) is 0 Å². The van der Waals surface area contributed by atoms with Crippen LogP contribution in [-0.4, -0.2) is 75.4 Å². The van der Waals surface area contributed by atoms with Gasteiger partial charge in [0.25, 0.3) is 0 Å². The first kappa shape index (κ1) is 24.4. The summed E-state index contributed by atoms with van der Waals surface area (Å²) in [6.07, 6.45) is 12.3. The molecule has 1 radical (unpaired) electrons. The molecule has 0 aromatic carbocycles. The molecule has 0 bridgehead atoms. The van der Waals surface area contributed by atoms with Crippen LogP contribution in [0.4, 0.5) is 0 Å². The molecule has 4 heteroatoms. The van der Waals surface area contributed by atoms with E-state index in [1.165, 1.54) is 51.4 Å². The summed E-state index contributed by atoms with van der Waals surface area (Å²) in [5, 5.41) is 0.307. The van der Waals surface area contributed by atoms with Crippen LogP contribution in [0.1, 0.15) is 78.1 Å². The Bertz CT molecular complexity index is 164. The zero-order chi connectivity index (χ0) is 14.3. The van der Waals surface area contributed by atoms with Crippen molar-refractivity contribution < 1.29 is 4.74 Å². The minimum absolute atomic E-state index is 0. The van der Waals surface area contributed by atoms with Crippen molar-refractivity contribution in [2.24, 2.45) is 0 Å². The predicted molar refractivity (Wildman–Crippen MR) is 93.4 cm³/mol. The Morgan fingerprint density at radius 1 is 0.700 bits per heavy atom. The second kappa shape index (κ2) is 19.2. The minimum atomic E-state index is 0. The molecule has 0 aliphatic rings. The Labute approximate surface area is 179 Å². The van der Waals surface area contributed by atoms with Gasteiger partial charge in [-0.1, -0.05) is 65.2 Å². The first-order valence-electron chi connectivity index (χ1n) is 8.06. The van der Waals surface area contributed by atoms with Gasteiger partial charge in [0.15, 0.2) is 0 Å². The molecule has 0 amide bonds. The fourth-order valence-corrected chi connectivity index (χ4v) is 2.56. The molecule has 0 saturated carbocycles. The Morgan fingerprint density at radius 3 is 1.45 bits per heavy atom. The maximum atomic E-state index is 6.22. The maximum absolute atomic E-state index is 6.22. The summed E-state index contributed by atoms with van der Waals surface area (Å²) in [4.78, 5) is 0. The number of hydrogen-bond donors (Lipinski definition) is 0. The number of ether oxygens (including phenoxy) is 1. The van der Waals surface area contributed by atoms with Crippen LogP contribution in [-0.2, 0) is 4.74 Å². The van der Waals surface area contributed by atoms with Crippen LogP contribution in [0.25, 0.3) is 0 Å². The number of unbranched alkanes of at least 4 members (excludes halogenated alkanes) is 6. The van der Waals surface area contributed by atoms with Crippen LogP contribution in [0.15, 0.2) is 0 Å². The van der Waals surface area contributed by atoms with Crippen LogP contribution in [0, 0.1) is 0 Å². The van der Waals surface area contributed by atoms with Crippen LogP contribution in [0.2, 0.25) is 0 Å². The molecule has 0 aliphatic carbocycles. The van der Waals surface area contributed by atoms with Crippen molar-refractivity contribution in [2.75, 3.05) is 13.2 Å². The largest absolute Gasteiger partial charge is 0.378 e. The van der Waals surface area contributed by atoms with E-state index in [9.17, 15) is 0 Å². The molecule has 117 valence electrons. The molecule has 2 atom stereocenters. The summed E-state index contributed by atoms with van der Waals surface area (Å²) in [5.41, 5.74) is 0. The summed E-state index contributed by atoms with van der Waals surface area (Å²) in [6, 6.07) is 0. The molecule has 2 unspecified atom stereocenters. The van der Waals surface area contributed by atoms with E-state index in [2.05, 4.69) is 13.8 Å². The Balaban J connectivity index is 0. The standard InChI is InChI=1S/C16H32Cl2O.K/c1-3-5-7-9-11-15(17)13-19-14-16(18)12-10-8-6-4-2;/h15-16H,3-14H2,1-2H3;. The van der Waals surface area contributed by atoms with Gasteiger partial charge in [0.05, 0.1) is 24.0 Å². The topological polar surface area (TPSA) is 9.23 Å². The fraction of sp³-hybridized carbons (Fsp3) is 1.00. The van der Waals surface area contributed by atoms with E-state index in [1.807, 2.05) is 0 Å². The van der Waals surface area contributed by atoms with Gasteiger partial charge in [-0.05, 0) is 12.8 Å². The van der Waals surface area contributed by atoms with Crippen LogP contribution < -0.4 is 0 Å². The molecule has 0 saturated heterocycles. The minimum Gasteiger partial charge on any atom is -0.378 e. The maximum Gasteiger partial charge on any atom is 0.0630 e. The van der Waals surface area contributed by atoms with Crippen molar-refractivity contribution in [1.82, 2.24) is 0 Å². The molecule has 0 aromatic rings. The molecule has 20 heavy (non-hydrogen) atoms. The van der Waals surface area contributed by atoms with Crippen molar-refractivity contribution in [3.63, 3.8) is 0 Å². The van der Waals surface area contributed by atoms with Gasteiger partial charge in [0.1, 0.15) is 0 Å². The van der Waals surface area contributed by atoms with Crippen molar-refractivity contribution in [1.29, 1.82) is 0 Å². The first-order valence-corrected chi connectivity index (χ1v) is 8.93. The van der Waals surface area contributed by atoms with Gasteiger partial charge in [0.2, 0.25) is 0 Å². The van der Waals surface area contributed by atoms with Crippen LogP contribution in [0.5, 0.6) is 0 Å². The number of halogens is 2. The molecule has 0 heterocycles. The third-order valence-electron chi connectivity index (χ3n) is 3.34. The second-order valence-corrected chi connectivity index (χ2v) is 6.67. The molecule has 1 nitrogen and oxygen atoms in total. The predicted octanol–water partition coefficient (Wildman–Crippen LogP) is 5.78. The molecule has 0 aliphatic heterocycles. The molecule has 0 rings (SSSR count). The van der Waals surface area contributed by atoms with E-state index in [0.29, 0.717) is 13.2 Å². The molecular weight excluding hydrogens is 318 g/mol. The summed E-state index contributed by atoms with van der Waals surface area (Å²) in [5.74, 6) is 0. The molecular formula is C16H32Cl2KO. The monoisotopic (exact) mass is 349 g/mol. The third kappa shape index (κ3) is 18.2. The quantitative estimate of drug-likeness (QED) is 0.219. The van der Waals surface area contributed by atoms with Gasteiger partial charge in [-0.3, -0.25) is 0 Å². The molecule has 0 spiro atoms. The zero-order valence-corrected chi connectivity index (χ0v) is 18.4. The van der Waals surface area contributed by atoms with Crippen LogP contribution >= 0.6 is 23.2 Å². The van der Waals surface area contributed by atoms with Gasteiger partial charge in [0, 0.05) is 51.4 Å². The molecule has 0 fully saturated rings. The van der Waals surface area contributed by atoms with Gasteiger partial charge >= 0.3 is 0 Å². The average molecular weight is 350 g/mol. The smallest absolute Gasteiger partial charge is 0.0630 e. The number of hydrogen-bond acceptors (Lipinski definition) is 1. The normalized spacial score (nSPS) is 13.8. The summed E-state index contributed by atoms with van der Waals surface area (Å²) in [7, 11) is 0. The Morgan fingerprint density at radius 2 is 1.10 bits per heavy atom. The van der Waals surface area contributed by atoms with Crippen molar-refractivity contribution in [2.45, 2.75) is 88.8 Å². The average Bonchev–Trinajstić information content (AvgIpc) is 2.40. The van der Waals surface area contributed by atoms with E-state index < -0.39 is 0 Å². The van der Waals surface area contributed by atoms with Gasteiger partial charge < -0.3 is 4.74 Å². The van der Waals surface area contributed by atoms with E-state index >= 15 is 0 Å². The number of alkyl halides is 2.